The van der Waals surface area contributed by atoms with Gasteiger partial charge in [-0.3, -0.25) is 0 Å². The minimum atomic E-state index is 0.426. The molecule has 2 nitrogen and oxygen atoms in total. The normalized spacial score (nSPS) is 11.4. The highest BCUT2D eigenvalue weighted by atomic mass is 79.9. The fourth-order valence-corrected chi connectivity index (χ4v) is 2.32. The van der Waals surface area contributed by atoms with Crippen molar-refractivity contribution < 1.29 is 0 Å². The average molecular weight is 313 g/mol. The van der Waals surface area contributed by atoms with E-state index in [4.69, 9.17) is 0 Å². The van der Waals surface area contributed by atoms with Crippen molar-refractivity contribution in [2.24, 2.45) is 9.63 Å². The molecule has 0 radical (unpaired) electrons. The SMILES string of the molecule is C=C(C)S/N=N/c1c(C)cc(Br)cc1C(C)C. The van der Waals surface area contributed by atoms with Gasteiger partial charge in [0.25, 0.3) is 0 Å². The number of benzene rings is 1. The summed E-state index contributed by atoms with van der Waals surface area (Å²) in [5.41, 5.74) is 3.31. The smallest absolute Gasteiger partial charge is 0.0928 e. The fourth-order valence-electron chi connectivity index (χ4n) is 1.47. The third-order valence-electron chi connectivity index (χ3n) is 2.25. The summed E-state index contributed by atoms with van der Waals surface area (Å²) in [6.45, 7) is 12.1. The summed E-state index contributed by atoms with van der Waals surface area (Å²) < 4.78 is 5.19. The highest BCUT2D eigenvalue weighted by Crippen LogP contribution is 2.34. The molecular formula is C13H17BrN2S. The first-order valence-corrected chi connectivity index (χ1v) is 7.02. The minimum Gasteiger partial charge on any atom is -0.143 e. The van der Waals surface area contributed by atoms with Crippen molar-refractivity contribution >= 4 is 33.6 Å². The van der Waals surface area contributed by atoms with Crippen molar-refractivity contribution in [3.8, 4) is 0 Å². The number of rotatable bonds is 4. The Kier molecular flexibility index (Phi) is 5.40. The second-order valence-corrected chi connectivity index (χ2v) is 6.25. The second-order valence-electron chi connectivity index (χ2n) is 4.29. The monoisotopic (exact) mass is 312 g/mol. The zero-order valence-corrected chi connectivity index (χ0v) is 13.0. The molecule has 0 aromatic heterocycles. The van der Waals surface area contributed by atoms with E-state index in [1.54, 1.807) is 0 Å². The lowest BCUT2D eigenvalue weighted by atomic mass is 9.99. The van der Waals surface area contributed by atoms with Crippen molar-refractivity contribution in [2.45, 2.75) is 33.6 Å². The molecule has 0 spiro atoms. The molecule has 0 fully saturated rings. The van der Waals surface area contributed by atoms with Crippen LogP contribution in [-0.4, -0.2) is 0 Å². The number of allylic oxidation sites excluding steroid dienone is 1. The molecule has 1 aromatic rings. The van der Waals surface area contributed by atoms with Crippen LogP contribution in [0.4, 0.5) is 5.69 Å². The van der Waals surface area contributed by atoms with E-state index in [2.05, 4.69) is 65.0 Å². The van der Waals surface area contributed by atoms with Gasteiger partial charge in [-0.1, -0.05) is 36.4 Å². The fraction of sp³-hybridized carbons (Fsp3) is 0.385. The van der Waals surface area contributed by atoms with Crippen LogP contribution in [-0.2, 0) is 0 Å². The van der Waals surface area contributed by atoms with E-state index in [0.717, 1.165) is 20.6 Å². The first-order valence-electron chi connectivity index (χ1n) is 5.45. The van der Waals surface area contributed by atoms with Crippen LogP contribution in [0.25, 0.3) is 0 Å². The van der Waals surface area contributed by atoms with Gasteiger partial charge in [-0.05, 0) is 47.9 Å². The molecule has 0 aliphatic heterocycles. The zero-order chi connectivity index (χ0) is 13.0. The maximum absolute atomic E-state index is 4.31. The Labute approximate surface area is 116 Å². The van der Waals surface area contributed by atoms with Crippen molar-refractivity contribution in [2.75, 3.05) is 0 Å². The van der Waals surface area contributed by atoms with Gasteiger partial charge in [0.05, 0.1) is 5.69 Å². The van der Waals surface area contributed by atoms with E-state index in [-0.39, 0.29) is 0 Å². The van der Waals surface area contributed by atoms with Gasteiger partial charge in [-0.15, -0.1) is 9.63 Å². The molecule has 1 aromatic carbocycles. The van der Waals surface area contributed by atoms with Crippen molar-refractivity contribution in [3.05, 3.63) is 39.2 Å². The van der Waals surface area contributed by atoms with Crippen LogP contribution in [0.3, 0.4) is 0 Å². The number of halogens is 1. The largest absolute Gasteiger partial charge is 0.143 e. The van der Waals surface area contributed by atoms with E-state index in [9.17, 15) is 0 Å². The van der Waals surface area contributed by atoms with E-state index in [1.165, 1.54) is 17.5 Å². The predicted molar refractivity (Wildman–Crippen MR) is 79.9 cm³/mol. The number of hydrogen-bond donors (Lipinski definition) is 0. The van der Waals surface area contributed by atoms with Crippen LogP contribution in [0.2, 0.25) is 0 Å². The van der Waals surface area contributed by atoms with E-state index >= 15 is 0 Å². The molecule has 0 N–H and O–H groups in total. The van der Waals surface area contributed by atoms with Crippen LogP contribution in [0.5, 0.6) is 0 Å². The van der Waals surface area contributed by atoms with Gasteiger partial charge in [0.1, 0.15) is 0 Å². The molecule has 92 valence electrons. The van der Waals surface area contributed by atoms with Crippen LogP contribution in [0, 0.1) is 6.92 Å². The Morgan fingerprint density at radius 1 is 1.41 bits per heavy atom. The summed E-state index contributed by atoms with van der Waals surface area (Å²) in [7, 11) is 0. The van der Waals surface area contributed by atoms with Crippen LogP contribution in [0.1, 0.15) is 37.8 Å². The molecule has 0 amide bonds. The van der Waals surface area contributed by atoms with Gasteiger partial charge in [0.2, 0.25) is 0 Å². The highest BCUT2D eigenvalue weighted by molar-refractivity contribution is 9.10. The maximum Gasteiger partial charge on any atom is 0.0928 e. The molecule has 0 aliphatic carbocycles. The number of nitrogens with zero attached hydrogens (tertiary/aromatic N) is 2. The van der Waals surface area contributed by atoms with Gasteiger partial charge < -0.3 is 0 Å². The summed E-state index contributed by atoms with van der Waals surface area (Å²) in [5.74, 6) is 0.426. The Balaban J connectivity index is 3.12. The van der Waals surface area contributed by atoms with Crippen molar-refractivity contribution in [1.82, 2.24) is 0 Å². The standard InChI is InChI=1S/C13H17BrN2S/c1-8(2)12-7-11(14)6-10(5)13(12)15-16-17-9(3)4/h6-8H,3H2,1-2,4-5H3/b16-15+. The lowest BCUT2D eigenvalue weighted by molar-refractivity contribution is 0.862. The van der Waals surface area contributed by atoms with Gasteiger partial charge in [0.15, 0.2) is 0 Å². The number of hydrogen-bond acceptors (Lipinski definition) is 3. The molecule has 0 aliphatic rings. The Bertz CT molecular complexity index is 453. The van der Waals surface area contributed by atoms with Gasteiger partial charge in [-0.2, -0.15) is 0 Å². The molecule has 0 saturated heterocycles. The highest BCUT2D eigenvalue weighted by Gasteiger charge is 2.10. The summed E-state index contributed by atoms with van der Waals surface area (Å²) >= 11 is 4.83. The summed E-state index contributed by atoms with van der Waals surface area (Å²) in [6, 6.07) is 4.17. The third-order valence-corrected chi connectivity index (χ3v) is 3.19. The van der Waals surface area contributed by atoms with Gasteiger partial charge >= 0.3 is 0 Å². The first kappa shape index (κ1) is 14.5. The second kappa shape index (κ2) is 6.36. The molecule has 0 heterocycles. The summed E-state index contributed by atoms with van der Waals surface area (Å²) in [5, 5.41) is 4.31. The molecule has 0 bridgehead atoms. The predicted octanol–water partition coefficient (Wildman–Crippen LogP) is 6.15. The van der Waals surface area contributed by atoms with Crippen LogP contribution in [0.15, 0.2) is 37.7 Å². The molecule has 4 heteroatoms. The van der Waals surface area contributed by atoms with Crippen molar-refractivity contribution in [1.29, 1.82) is 0 Å². The third kappa shape index (κ3) is 4.28. The lowest BCUT2D eigenvalue weighted by Gasteiger charge is -2.11. The Morgan fingerprint density at radius 2 is 2.06 bits per heavy atom. The molecule has 1 rings (SSSR count). The van der Waals surface area contributed by atoms with E-state index < -0.39 is 0 Å². The maximum atomic E-state index is 4.31. The Morgan fingerprint density at radius 3 is 2.59 bits per heavy atom. The molecule has 0 atom stereocenters. The van der Waals surface area contributed by atoms with Crippen LogP contribution < -0.4 is 0 Å². The summed E-state index contributed by atoms with van der Waals surface area (Å²) in [6.07, 6.45) is 0. The quantitative estimate of drug-likeness (QED) is 0.483. The van der Waals surface area contributed by atoms with E-state index in [1.807, 2.05) is 6.92 Å². The summed E-state index contributed by atoms with van der Waals surface area (Å²) in [4.78, 5) is 0.939. The lowest BCUT2D eigenvalue weighted by Crippen LogP contribution is -1.90. The molecule has 0 saturated carbocycles. The Hall–Kier alpha value is -0.610. The zero-order valence-electron chi connectivity index (χ0n) is 10.6. The average Bonchev–Trinajstić information content (AvgIpc) is 2.19. The van der Waals surface area contributed by atoms with Gasteiger partial charge in [-0.25, -0.2) is 0 Å². The molecular weight excluding hydrogens is 296 g/mol. The first-order chi connectivity index (χ1) is 7.91. The molecule has 17 heavy (non-hydrogen) atoms. The number of aryl methyl sites for hydroxylation is 1. The minimum absolute atomic E-state index is 0.426. The van der Waals surface area contributed by atoms with E-state index in [0.29, 0.717) is 5.92 Å². The topological polar surface area (TPSA) is 24.7 Å². The molecule has 0 unspecified atom stereocenters. The van der Waals surface area contributed by atoms with Crippen molar-refractivity contribution in [3.63, 3.8) is 0 Å². The van der Waals surface area contributed by atoms with Crippen LogP contribution >= 0.6 is 27.9 Å². The van der Waals surface area contributed by atoms with Gasteiger partial charge in [0, 0.05) is 16.4 Å².